The van der Waals surface area contributed by atoms with Crippen molar-refractivity contribution >= 4 is 19.4 Å². The maximum Gasteiger partial charge on any atom is 0.513 e. The third-order valence-electron chi connectivity index (χ3n) is 3.03. The van der Waals surface area contributed by atoms with Gasteiger partial charge < -0.3 is 14.2 Å². The molecular formula is C15H14FN2O7P. The topological polar surface area (TPSA) is 128 Å². The highest BCUT2D eigenvalue weighted by molar-refractivity contribution is 7.52. The molecule has 0 bridgehead atoms. The molecule has 0 aliphatic rings. The molecule has 2 atom stereocenters. The predicted octanol–water partition coefficient (Wildman–Crippen LogP) is 3.36. The third-order valence-corrected chi connectivity index (χ3v) is 4.64. The molecule has 26 heavy (non-hydrogen) atoms. The average molecular weight is 384 g/mol. The molecular weight excluding hydrogens is 370 g/mol. The van der Waals surface area contributed by atoms with Gasteiger partial charge in [-0.3, -0.25) is 14.9 Å². The molecule has 0 saturated heterocycles. The Morgan fingerprint density at radius 1 is 1.15 bits per heavy atom. The second-order valence-electron chi connectivity index (χ2n) is 5.07. The van der Waals surface area contributed by atoms with Crippen molar-refractivity contribution in [3.8, 4) is 11.5 Å². The number of hydrogen-bond donors (Lipinski definition) is 2. The van der Waals surface area contributed by atoms with Gasteiger partial charge in [-0.25, -0.2) is 8.96 Å². The van der Waals surface area contributed by atoms with Crippen molar-refractivity contribution in [2.24, 2.45) is 0 Å². The monoisotopic (exact) mass is 384 g/mol. The van der Waals surface area contributed by atoms with Gasteiger partial charge in [0.05, 0.1) is 4.92 Å². The van der Waals surface area contributed by atoms with Crippen LogP contribution in [-0.2, 0) is 9.36 Å². The Labute approximate surface area is 147 Å². The Bertz CT molecular complexity index is 842. The highest BCUT2D eigenvalue weighted by atomic mass is 31.2. The molecule has 138 valence electrons. The molecule has 0 aliphatic carbocycles. The van der Waals surface area contributed by atoms with Crippen LogP contribution < -0.4 is 14.1 Å². The van der Waals surface area contributed by atoms with E-state index in [2.05, 4.69) is 5.09 Å². The highest BCUT2D eigenvalue weighted by Gasteiger charge is 2.33. The normalized spacial score (nSPS) is 14.1. The van der Waals surface area contributed by atoms with E-state index in [9.17, 15) is 23.9 Å². The standard InChI is InChI=1S/C15H14FN2O7P/c1-10(15(19)20)17-26(23,24-13-6-2-11(16)3-7-13)25-14-8-4-12(5-9-14)18(21)22/h2-10H,1H3,(H,17,23)(H,19,20)/t10-,26?/m0/s1. The molecule has 0 radical (unpaired) electrons. The van der Waals surface area contributed by atoms with E-state index in [0.717, 1.165) is 24.3 Å². The number of nitro groups is 1. The molecule has 0 heterocycles. The Morgan fingerprint density at radius 2 is 1.62 bits per heavy atom. The van der Waals surface area contributed by atoms with Crippen molar-refractivity contribution in [1.29, 1.82) is 0 Å². The number of nitro benzene ring substituents is 1. The summed E-state index contributed by atoms with van der Waals surface area (Å²) < 4.78 is 36.4. The van der Waals surface area contributed by atoms with Crippen LogP contribution in [0.3, 0.4) is 0 Å². The van der Waals surface area contributed by atoms with E-state index in [-0.39, 0.29) is 17.2 Å². The Balaban J connectivity index is 2.26. The molecule has 0 aliphatic heterocycles. The smallest absolute Gasteiger partial charge is 0.480 e. The fraction of sp³-hybridized carbons (Fsp3) is 0.133. The van der Waals surface area contributed by atoms with Crippen molar-refractivity contribution in [3.05, 3.63) is 64.5 Å². The molecule has 0 amide bonds. The van der Waals surface area contributed by atoms with Gasteiger partial charge in [0.25, 0.3) is 5.69 Å². The summed E-state index contributed by atoms with van der Waals surface area (Å²) in [7, 11) is -4.25. The number of carboxylic acid groups (broad SMARTS) is 1. The van der Waals surface area contributed by atoms with E-state index in [1.54, 1.807) is 0 Å². The largest absolute Gasteiger partial charge is 0.513 e. The minimum Gasteiger partial charge on any atom is -0.480 e. The number of rotatable bonds is 8. The van der Waals surface area contributed by atoms with E-state index in [1.165, 1.54) is 31.2 Å². The Morgan fingerprint density at radius 3 is 2.04 bits per heavy atom. The Kier molecular flexibility index (Phi) is 5.91. The fourth-order valence-electron chi connectivity index (χ4n) is 1.77. The van der Waals surface area contributed by atoms with E-state index < -0.39 is 30.5 Å². The van der Waals surface area contributed by atoms with Gasteiger partial charge in [-0.15, -0.1) is 0 Å². The van der Waals surface area contributed by atoms with E-state index in [0.29, 0.717) is 0 Å². The van der Waals surface area contributed by atoms with Crippen LogP contribution in [-0.4, -0.2) is 22.0 Å². The first-order valence-electron chi connectivity index (χ1n) is 7.18. The van der Waals surface area contributed by atoms with Crippen LogP contribution in [0.25, 0.3) is 0 Å². The second-order valence-corrected chi connectivity index (χ2v) is 6.69. The van der Waals surface area contributed by atoms with Gasteiger partial charge in [-0.2, -0.15) is 5.09 Å². The first kappa shape index (κ1) is 19.4. The lowest BCUT2D eigenvalue weighted by molar-refractivity contribution is -0.384. The van der Waals surface area contributed by atoms with Crippen LogP contribution >= 0.6 is 7.75 Å². The van der Waals surface area contributed by atoms with Crippen LogP contribution in [0, 0.1) is 15.9 Å². The van der Waals surface area contributed by atoms with Crippen LogP contribution in [0.1, 0.15) is 6.92 Å². The average Bonchev–Trinajstić information content (AvgIpc) is 2.57. The molecule has 2 N–H and O–H groups in total. The fourth-order valence-corrected chi connectivity index (χ4v) is 3.29. The number of aliphatic carboxylic acids is 1. The molecule has 2 rings (SSSR count). The summed E-state index contributed by atoms with van der Waals surface area (Å²) in [6, 6.07) is 7.83. The molecule has 1 unspecified atom stereocenters. The Hall–Kier alpha value is -2.97. The molecule has 11 heteroatoms. The summed E-state index contributed by atoms with van der Waals surface area (Å²) in [6.45, 7) is 1.22. The van der Waals surface area contributed by atoms with Crippen molar-refractivity contribution in [2.75, 3.05) is 0 Å². The van der Waals surface area contributed by atoms with Gasteiger partial charge >= 0.3 is 13.7 Å². The quantitative estimate of drug-likeness (QED) is 0.403. The number of carboxylic acids is 1. The minimum atomic E-state index is -4.25. The lowest BCUT2D eigenvalue weighted by Gasteiger charge is -2.22. The number of benzene rings is 2. The summed E-state index contributed by atoms with van der Waals surface area (Å²) >= 11 is 0. The maximum atomic E-state index is 13.0. The maximum absolute atomic E-state index is 13.0. The van der Waals surface area contributed by atoms with Gasteiger partial charge in [0, 0.05) is 12.1 Å². The SMILES string of the molecule is C[C@H](NP(=O)(Oc1ccc(F)cc1)Oc1ccc([N+](=O)[O-])cc1)C(=O)O. The third kappa shape index (κ3) is 5.27. The van der Waals surface area contributed by atoms with E-state index in [1.807, 2.05) is 0 Å². The van der Waals surface area contributed by atoms with E-state index in [4.69, 9.17) is 14.2 Å². The molecule has 2 aromatic carbocycles. The number of non-ortho nitro benzene ring substituents is 1. The number of hydrogen-bond acceptors (Lipinski definition) is 6. The lowest BCUT2D eigenvalue weighted by Crippen LogP contribution is -2.34. The molecule has 0 saturated carbocycles. The van der Waals surface area contributed by atoms with Crippen LogP contribution in [0.4, 0.5) is 10.1 Å². The summed E-state index contributed by atoms with van der Waals surface area (Å²) in [6.07, 6.45) is 0. The van der Waals surface area contributed by atoms with Crippen LogP contribution in [0.5, 0.6) is 11.5 Å². The summed E-state index contributed by atoms with van der Waals surface area (Å²) in [5.41, 5.74) is -0.210. The van der Waals surface area contributed by atoms with Gasteiger partial charge in [0.2, 0.25) is 0 Å². The van der Waals surface area contributed by atoms with Gasteiger partial charge in [0.15, 0.2) is 0 Å². The number of halogens is 1. The van der Waals surface area contributed by atoms with Crippen LogP contribution in [0.2, 0.25) is 0 Å². The summed E-state index contributed by atoms with van der Waals surface area (Å²) in [4.78, 5) is 21.1. The minimum absolute atomic E-state index is 0.0262. The van der Waals surface area contributed by atoms with Crippen LogP contribution in [0.15, 0.2) is 48.5 Å². The van der Waals surface area contributed by atoms with E-state index >= 15 is 0 Å². The first-order chi connectivity index (χ1) is 12.2. The zero-order chi connectivity index (χ0) is 19.3. The zero-order valence-corrected chi connectivity index (χ0v) is 14.3. The molecule has 0 spiro atoms. The molecule has 0 fully saturated rings. The summed E-state index contributed by atoms with van der Waals surface area (Å²) in [5, 5.41) is 21.9. The number of nitrogens with zero attached hydrogens (tertiary/aromatic N) is 1. The van der Waals surface area contributed by atoms with Gasteiger partial charge in [-0.05, 0) is 43.3 Å². The molecule has 0 aromatic heterocycles. The van der Waals surface area contributed by atoms with Gasteiger partial charge in [0.1, 0.15) is 23.4 Å². The summed E-state index contributed by atoms with van der Waals surface area (Å²) in [5.74, 6) is -1.93. The molecule has 9 nitrogen and oxygen atoms in total. The van der Waals surface area contributed by atoms with Crippen molar-refractivity contribution in [1.82, 2.24) is 5.09 Å². The lowest BCUT2D eigenvalue weighted by atomic mass is 10.3. The second kappa shape index (κ2) is 7.94. The zero-order valence-electron chi connectivity index (χ0n) is 13.4. The number of carbonyl (C=O) groups is 1. The number of nitrogens with one attached hydrogen (secondary N) is 1. The van der Waals surface area contributed by atoms with Gasteiger partial charge in [-0.1, -0.05) is 0 Å². The highest BCUT2D eigenvalue weighted by Crippen LogP contribution is 2.45. The predicted molar refractivity (Wildman–Crippen MR) is 88.6 cm³/mol. The molecule has 2 aromatic rings. The van der Waals surface area contributed by atoms with Crippen molar-refractivity contribution in [3.63, 3.8) is 0 Å². The van der Waals surface area contributed by atoms with Crippen molar-refractivity contribution < 1.29 is 32.8 Å². The first-order valence-corrected chi connectivity index (χ1v) is 8.73. The van der Waals surface area contributed by atoms with Crippen molar-refractivity contribution in [2.45, 2.75) is 13.0 Å².